The number of aromatic nitrogens is 2. The molecule has 1 heterocycles. The van der Waals surface area contributed by atoms with Crippen molar-refractivity contribution in [3.05, 3.63) is 66.5 Å². The number of nitrogens with zero attached hydrogens (tertiary/aromatic N) is 2. The first kappa shape index (κ1) is 12.7. The number of hydrogen-bond donors (Lipinski definition) is 0. The molecule has 2 heteroatoms. The summed E-state index contributed by atoms with van der Waals surface area (Å²) in [5.74, 6) is 1.04. The van der Waals surface area contributed by atoms with Gasteiger partial charge < -0.3 is 0 Å². The number of hydrogen-bond acceptors (Lipinski definition) is 1. The quantitative estimate of drug-likeness (QED) is 0.660. The highest BCUT2D eigenvalue weighted by Crippen LogP contribution is 2.27. The van der Waals surface area contributed by atoms with Crippen molar-refractivity contribution >= 4 is 16.6 Å². The maximum atomic E-state index is 4.83. The molecule has 0 unspecified atom stereocenters. The van der Waals surface area contributed by atoms with E-state index in [1.165, 1.54) is 5.57 Å². The third kappa shape index (κ3) is 2.03. The molecule has 0 aliphatic heterocycles. The highest BCUT2D eigenvalue weighted by atomic mass is 15.1. The molecule has 3 rings (SSSR count). The molecule has 0 bridgehead atoms. The molecule has 0 saturated heterocycles. The lowest BCUT2D eigenvalue weighted by Crippen LogP contribution is -2.00. The van der Waals surface area contributed by atoms with E-state index in [1.807, 2.05) is 12.1 Å². The molecule has 0 aliphatic carbocycles. The van der Waals surface area contributed by atoms with Gasteiger partial charge in [0.1, 0.15) is 5.82 Å². The van der Waals surface area contributed by atoms with Gasteiger partial charge in [-0.3, -0.25) is 4.57 Å². The van der Waals surface area contributed by atoms with Gasteiger partial charge in [-0.2, -0.15) is 0 Å². The summed E-state index contributed by atoms with van der Waals surface area (Å²) in [5, 5.41) is 0. The van der Waals surface area contributed by atoms with Crippen LogP contribution in [0.5, 0.6) is 0 Å². The molecule has 20 heavy (non-hydrogen) atoms. The van der Waals surface area contributed by atoms with E-state index in [0.29, 0.717) is 0 Å². The first-order valence-corrected chi connectivity index (χ1v) is 7.03. The second-order valence-electron chi connectivity index (χ2n) is 4.76. The summed E-state index contributed by atoms with van der Waals surface area (Å²) in [4.78, 5) is 4.83. The fourth-order valence-corrected chi connectivity index (χ4v) is 2.57. The zero-order chi connectivity index (χ0) is 13.9. The van der Waals surface area contributed by atoms with Crippen LogP contribution in [0.1, 0.15) is 26.1 Å². The highest BCUT2D eigenvalue weighted by molar-refractivity contribution is 5.82. The van der Waals surface area contributed by atoms with Crippen molar-refractivity contribution < 1.29 is 0 Å². The lowest BCUT2D eigenvalue weighted by molar-refractivity contribution is 1.02. The van der Waals surface area contributed by atoms with Crippen molar-refractivity contribution in [2.45, 2.75) is 20.3 Å². The Morgan fingerprint density at radius 3 is 2.45 bits per heavy atom. The molecule has 3 aromatic rings. The number of benzene rings is 2. The lowest BCUT2D eigenvalue weighted by atomic mass is 10.2. The summed E-state index contributed by atoms with van der Waals surface area (Å²) in [6, 6.07) is 18.7. The lowest BCUT2D eigenvalue weighted by Gasteiger charge is -2.10. The molecular weight excluding hydrogens is 244 g/mol. The Hall–Kier alpha value is -2.35. The summed E-state index contributed by atoms with van der Waals surface area (Å²) >= 11 is 0. The van der Waals surface area contributed by atoms with E-state index >= 15 is 0 Å². The van der Waals surface area contributed by atoms with Crippen molar-refractivity contribution in [1.82, 2.24) is 9.55 Å². The molecule has 0 saturated carbocycles. The monoisotopic (exact) mass is 262 g/mol. The minimum atomic E-state index is 0.979. The zero-order valence-corrected chi connectivity index (χ0v) is 11.9. The van der Waals surface area contributed by atoms with E-state index in [0.717, 1.165) is 29.0 Å². The summed E-state index contributed by atoms with van der Waals surface area (Å²) < 4.78 is 2.24. The van der Waals surface area contributed by atoms with Gasteiger partial charge in [0.05, 0.1) is 11.0 Å². The van der Waals surface area contributed by atoms with Crippen LogP contribution in [-0.4, -0.2) is 9.55 Å². The molecular formula is C18H18N2. The Labute approximate surface area is 119 Å². The number of rotatable bonds is 3. The van der Waals surface area contributed by atoms with Crippen molar-refractivity contribution in [2.24, 2.45) is 0 Å². The van der Waals surface area contributed by atoms with E-state index in [-0.39, 0.29) is 0 Å². The predicted octanol–water partition coefficient (Wildman–Crippen LogP) is 4.84. The van der Waals surface area contributed by atoms with Gasteiger partial charge in [0.2, 0.25) is 0 Å². The molecule has 2 nitrogen and oxygen atoms in total. The van der Waals surface area contributed by atoms with Crippen molar-refractivity contribution in [1.29, 1.82) is 0 Å². The summed E-state index contributed by atoms with van der Waals surface area (Å²) in [7, 11) is 0. The number of para-hydroxylation sites is 3. The average Bonchev–Trinajstić information content (AvgIpc) is 2.88. The molecule has 0 spiro atoms. The maximum Gasteiger partial charge on any atom is 0.141 e. The second-order valence-corrected chi connectivity index (χ2v) is 4.76. The Morgan fingerprint density at radius 2 is 1.75 bits per heavy atom. The minimum absolute atomic E-state index is 0.979. The zero-order valence-electron chi connectivity index (χ0n) is 11.9. The smallest absolute Gasteiger partial charge is 0.141 e. The van der Waals surface area contributed by atoms with Gasteiger partial charge in [-0.15, -0.1) is 0 Å². The fraction of sp³-hybridized carbons (Fsp3) is 0.167. The van der Waals surface area contributed by atoms with Crippen LogP contribution in [0.15, 0.2) is 60.7 Å². The van der Waals surface area contributed by atoms with E-state index in [2.05, 4.69) is 67.0 Å². The number of allylic oxidation sites excluding steroid dienone is 2. The van der Waals surface area contributed by atoms with Crippen molar-refractivity contribution in [3.63, 3.8) is 0 Å². The number of fused-ring (bicyclic) bond motifs is 1. The largest absolute Gasteiger partial charge is 0.293 e. The Morgan fingerprint density at radius 1 is 1.05 bits per heavy atom. The predicted molar refractivity (Wildman–Crippen MR) is 85.0 cm³/mol. The van der Waals surface area contributed by atoms with Gasteiger partial charge in [0.25, 0.3) is 0 Å². The van der Waals surface area contributed by atoms with Gasteiger partial charge in [-0.25, -0.2) is 4.98 Å². The summed E-state index contributed by atoms with van der Waals surface area (Å²) in [5.41, 5.74) is 4.62. The van der Waals surface area contributed by atoms with Gasteiger partial charge >= 0.3 is 0 Å². The van der Waals surface area contributed by atoms with E-state index < -0.39 is 0 Å². The van der Waals surface area contributed by atoms with Gasteiger partial charge in [0, 0.05) is 5.69 Å². The molecule has 0 amide bonds. The Kier molecular flexibility index (Phi) is 3.38. The standard InChI is InChI=1S/C18H18N2/c1-3-14(4-2)18-19-16-12-8-9-13-17(16)20(18)15-10-6-5-7-11-15/h3,5-13H,4H2,1-2H3. The second kappa shape index (κ2) is 5.33. The first-order valence-electron chi connectivity index (χ1n) is 7.03. The van der Waals surface area contributed by atoms with Gasteiger partial charge in [-0.05, 0) is 43.2 Å². The van der Waals surface area contributed by atoms with E-state index in [9.17, 15) is 0 Å². The van der Waals surface area contributed by atoms with Gasteiger partial charge in [0.15, 0.2) is 0 Å². The minimum Gasteiger partial charge on any atom is -0.293 e. The first-order chi connectivity index (χ1) is 9.85. The van der Waals surface area contributed by atoms with Crippen LogP contribution < -0.4 is 0 Å². The molecule has 0 atom stereocenters. The van der Waals surface area contributed by atoms with Crippen LogP contribution in [-0.2, 0) is 0 Å². The summed E-state index contributed by atoms with van der Waals surface area (Å²) in [6.45, 7) is 4.25. The normalized spacial score (nSPS) is 12.0. The highest BCUT2D eigenvalue weighted by Gasteiger charge is 2.13. The molecule has 0 aliphatic rings. The van der Waals surface area contributed by atoms with Crippen LogP contribution >= 0.6 is 0 Å². The topological polar surface area (TPSA) is 17.8 Å². The molecule has 0 N–H and O–H groups in total. The van der Waals surface area contributed by atoms with Crippen LogP contribution in [0.2, 0.25) is 0 Å². The maximum absolute atomic E-state index is 4.83. The average molecular weight is 262 g/mol. The molecule has 0 radical (unpaired) electrons. The van der Waals surface area contributed by atoms with Crippen LogP contribution in [0.25, 0.3) is 22.3 Å². The molecule has 0 fully saturated rings. The van der Waals surface area contributed by atoms with Crippen molar-refractivity contribution in [3.8, 4) is 5.69 Å². The van der Waals surface area contributed by atoms with Crippen LogP contribution in [0.4, 0.5) is 0 Å². The summed E-state index contributed by atoms with van der Waals surface area (Å²) in [6.07, 6.45) is 3.13. The Balaban J connectivity index is 2.35. The fourth-order valence-electron chi connectivity index (χ4n) is 2.57. The molecule has 2 aromatic carbocycles. The SMILES string of the molecule is CC=C(CC)c1nc2ccccc2n1-c1ccccc1. The van der Waals surface area contributed by atoms with E-state index in [4.69, 9.17) is 4.98 Å². The molecule has 1 aromatic heterocycles. The van der Waals surface area contributed by atoms with E-state index in [1.54, 1.807) is 0 Å². The van der Waals surface area contributed by atoms with Crippen molar-refractivity contribution in [2.75, 3.05) is 0 Å². The molecule has 100 valence electrons. The third-order valence-corrected chi connectivity index (χ3v) is 3.59. The number of imidazole rings is 1. The van der Waals surface area contributed by atoms with Crippen LogP contribution in [0, 0.1) is 0 Å². The third-order valence-electron chi connectivity index (χ3n) is 3.59. The van der Waals surface area contributed by atoms with Gasteiger partial charge in [-0.1, -0.05) is 43.3 Å². The van der Waals surface area contributed by atoms with Crippen LogP contribution in [0.3, 0.4) is 0 Å². The Bertz CT molecular complexity index is 751.